The molecule has 1 aromatic heterocycles. The fourth-order valence-electron chi connectivity index (χ4n) is 1.31. The van der Waals surface area contributed by atoms with E-state index in [4.69, 9.17) is 17.3 Å². The molecule has 0 aliphatic rings. The molecule has 0 saturated heterocycles. The smallest absolute Gasteiger partial charge is 0.142 e. The van der Waals surface area contributed by atoms with Gasteiger partial charge in [0.2, 0.25) is 0 Å². The van der Waals surface area contributed by atoms with Gasteiger partial charge in [-0.25, -0.2) is 4.39 Å². The molecule has 0 spiro atoms. The van der Waals surface area contributed by atoms with Crippen LogP contribution in [0.1, 0.15) is 5.56 Å². The molecule has 0 unspecified atom stereocenters. The highest BCUT2D eigenvalue weighted by Crippen LogP contribution is 2.20. The van der Waals surface area contributed by atoms with E-state index in [1.54, 1.807) is 23.0 Å². The maximum absolute atomic E-state index is 13.1. The van der Waals surface area contributed by atoms with Crippen molar-refractivity contribution in [2.24, 2.45) is 0 Å². The summed E-state index contributed by atoms with van der Waals surface area (Å²) in [7, 11) is 0. The predicted octanol–water partition coefficient (Wildman–Crippen LogP) is 2.31. The fraction of sp³-hybridized carbons (Fsp3) is 0.100. The maximum atomic E-state index is 13.1. The number of hydrogen-bond acceptors (Lipinski definition) is 2. The summed E-state index contributed by atoms with van der Waals surface area (Å²) in [6, 6.07) is 4.69. The van der Waals surface area contributed by atoms with Crippen LogP contribution in [-0.2, 0) is 6.54 Å². The molecule has 2 aromatic rings. The number of halogens is 2. The Morgan fingerprint density at radius 2 is 2.27 bits per heavy atom. The van der Waals surface area contributed by atoms with E-state index in [9.17, 15) is 4.39 Å². The standard InChI is InChI=1S/C10H9ClFN3/c11-10-7(2-1-3-9(10)12)5-15-6-8(13)4-14-15/h1-4,6H,5,13H2. The van der Waals surface area contributed by atoms with Gasteiger partial charge in [0.05, 0.1) is 23.5 Å². The lowest BCUT2D eigenvalue weighted by Gasteiger charge is -2.04. The topological polar surface area (TPSA) is 43.8 Å². The van der Waals surface area contributed by atoms with Crippen molar-refractivity contribution < 1.29 is 4.39 Å². The third-order valence-corrected chi connectivity index (χ3v) is 2.44. The Morgan fingerprint density at radius 3 is 2.93 bits per heavy atom. The molecule has 0 aliphatic carbocycles. The van der Waals surface area contributed by atoms with E-state index in [1.807, 2.05) is 0 Å². The minimum Gasteiger partial charge on any atom is -0.396 e. The van der Waals surface area contributed by atoms with Gasteiger partial charge in [-0.2, -0.15) is 5.10 Å². The van der Waals surface area contributed by atoms with Crippen LogP contribution in [0.5, 0.6) is 0 Å². The molecule has 3 nitrogen and oxygen atoms in total. The molecular weight excluding hydrogens is 217 g/mol. The maximum Gasteiger partial charge on any atom is 0.142 e. The van der Waals surface area contributed by atoms with Crippen molar-refractivity contribution >= 4 is 17.3 Å². The predicted molar refractivity (Wildman–Crippen MR) is 57.2 cm³/mol. The summed E-state index contributed by atoms with van der Waals surface area (Å²) in [6.45, 7) is 0.411. The van der Waals surface area contributed by atoms with Crippen molar-refractivity contribution in [1.29, 1.82) is 0 Å². The van der Waals surface area contributed by atoms with Crippen LogP contribution >= 0.6 is 11.6 Å². The average Bonchev–Trinajstić information content (AvgIpc) is 2.59. The summed E-state index contributed by atoms with van der Waals surface area (Å²) < 4.78 is 14.7. The zero-order chi connectivity index (χ0) is 10.8. The van der Waals surface area contributed by atoms with Gasteiger partial charge in [-0.05, 0) is 11.6 Å². The zero-order valence-corrected chi connectivity index (χ0v) is 8.58. The largest absolute Gasteiger partial charge is 0.396 e. The van der Waals surface area contributed by atoms with Crippen molar-refractivity contribution in [2.45, 2.75) is 6.54 Å². The third-order valence-electron chi connectivity index (χ3n) is 2.02. The summed E-state index contributed by atoms with van der Waals surface area (Å²) in [5.74, 6) is -0.422. The second-order valence-electron chi connectivity index (χ2n) is 3.18. The first kappa shape index (κ1) is 9.98. The summed E-state index contributed by atoms with van der Waals surface area (Å²) >= 11 is 5.80. The average molecular weight is 226 g/mol. The summed E-state index contributed by atoms with van der Waals surface area (Å²) in [5, 5.41) is 4.12. The first-order valence-electron chi connectivity index (χ1n) is 4.37. The lowest BCUT2D eigenvalue weighted by Crippen LogP contribution is -2.01. The summed E-state index contributed by atoms with van der Waals surface area (Å²) in [5.41, 5.74) is 6.76. The fourth-order valence-corrected chi connectivity index (χ4v) is 1.50. The van der Waals surface area contributed by atoms with Crippen molar-refractivity contribution in [2.75, 3.05) is 5.73 Å². The second kappa shape index (κ2) is 3.90. The van der Waals surface area contributed by atoms with Crippen molar-refractivity contribution in [3.63, 3.8) is 0 Å². The highest BCUT2D eigenvalue weighted by molar-refractivity contribution is 6.31. The number of hydrogen-bond donors (Lipinski definition) is 1. The molecule has 78 valence electrons. The zero-order valence-electron chi connectivity index (χ0n) is 7.82. The Labute approximate surface area is 91.3 Å². The van der Waals surface area contributed by atoms with Crippen LogP contribution in [0.4, 0.5) is 10.1 Å². The molecule has 0 atom stereocenters. The molecule has 2 N–H and O–H groups in total. The number of rotatable bonds is 2. The van der Waals surface area contributed by atoms with Crippen molar-refractivity contribution in [3.8, 4) is 0 Å². The Balaban J connectivity index is 2.28. The van der Waals surface area contributed by atoms with Crippen LogP contribution in [-0.4, -0.2) is 9.78 Å². The van der Waals surface area contributed by atoms with Gasteiger partial charge < -0.3 is 5.73 Å². The number of nitrogens with zero attached hydrogens (tertiary/aromatic N) is 2. The minimum atomic E-state index is -0.422. The molecule has 1 heterocycles. The molecule has 0 amide bonds. The van der Waals surface area contributed by atoms with Gasteiger partial charge in [-0.15, -0.1) is 0 Å². The second-order valence-corrected chi connectivity index (χ2v) is 3.56. The highest BCUT2D eigenvalue weighted by Gasteiger charge is 2.06. The van der Waals surface area contributed by atoms with Crippen LogP contribution in [0.15, 0.2) is 30.6 Å². The summed E-state index contributed by atoms with van der Waals surface area (Å²) in [6.07, 6.45) is 3.20. The quantitative estimate of drug-likeness (QED) is 0.853. The molecule has 1 aromatic carbocycles. The Hall–Kier alpha value is -1.55. The Bertz CT molecular complexity index is 481. The van der Waals surface area contributed by atoms with E-state index in [-0.39, 0.29) is 5.02 Å². The van der Waals surface area contributed by atoms with E-state index in [1.165, 1.54) is 12.3 Å². The molecule has 0 bridgehead atoms. The van der Waals surface area contributed by atoms with E-state index in [0.29, 0.717) is 17.8 Å². The van der Waals surface area contributed by atoms with Crippen LogP contribution in [0, 0.1) is 5.82 Å². The number of anilines is 1. The lowest BCUT2D eigenvalue weighted by atomic mass is 10.2. The van der Waals surface area contributed by atoms with Crippen LogP contribution < -0.4 is 5.73 Å². The van der Waals surface area contributed by atoms with Crippen LogP contribution in [0.3, 0.4) is 0 Å². The number of aromatic nitrogens is 2. The molecular formula is C10H9ClFN3. The number of nitrogens with two attached hydrogens (primary N) is 1. The van der Waals surface area contributed by atoms with E-state index in [2.05, 4.69) is 5.10 Å². The van der Waals surface area contributed by atoms with Gasteiger partial charge >= 0.3 is 0 Å². The van der Waals surface area contributed by atoms with Gasteiger partial charge in [0.1, 0.15) is 5.82 Å². The SMILES string of the molecule is Nc1cnn(Cc2cccc(F)c2Cl)c1. The molecule has 5 heteroatoms. The van der Waals surface area contributed by atoms with Gasteiger partial charge in [0, 0.05) is 6.20 Å². The Morgan fingerprint density at radius 1 is 1.47 bits per heavy atom. The lowest BCUT2D eigenvalue weighted by molar-refractivity contribution is 0.620. The van der Waals surface area contributed by atoms with Crippen LogP contribution in [0.25, 0.3) is 0 Å². The minimum absolute atomic E-state index is 0.131. The van der Waals surface area contributed by atoms with Gasteiger partial charge in [0.15, 0.2) is 0 Å². The first-order valence-corrected chi connectivity index (χ1v) is 4.75. The van der Waals surface area contributed by atoms with Gasteiger partial charge in [-0.1, -0.05) is 23.7 Å². The first-order chi connectivity index (χ1) is 7.16. The molecule has 0 fully saturated rings. The number of nitrogen functional groups attached to an aromatic ring is 1. The molecule has 0 saturated carbocycles. The van der Waals surface area contributed by atoms with Crippen LogP contribution in [0.2, 0.25) is 5.02 Å². The highest BCUT2D eigenvalue weighted by atomic mass is 35.5. The molecule has 15 heavy (non-hydrogen) atoms. The molecule has 0 radical (unpaired) electrons. The molecule has 2 rings (SSSR count). The number of benzene rings is 1. The van der Waals surface area contributed by atoms with Gasteiger partial charge in [0.25, 0.3) is 0 Å². The van der Waals surface area contributed by atoms with Gasteiger partial charge in [-0.3, -0.25) is 4.68 Å². The Kier molecular flexibility index (Phi) is 2.60. The van der Waals surface area contributed by atoms with Crippen molar-refractivity contribution in [3.05, 3.63) is 47.0 Å². The van der Waals surface area contributed by atoms with E-state index in [0.717, 1.165) is 0 Å². The van der Waals surface area contributed by atoms with E-state index < -0.39 is 5.82 Å². The van der Waals surface area contributed by atoms with Crippen molar-refractivity contribution in [1.82, 2.24) is 9.78 Å². The monoisotopic (exact) mass is 225 g/mol. The third kappa shape index (κ3) is 2.10. The molecule has 0 aliphatic heterocycles. The normalized spacial score (nSPS) is 10.5. The van der Waals surface area contributed by atoms with E-state index >= 15 is 0 Å². The summed E-state index contributed by atoms with van der Waals surface area (Å²) in [4.78, 5) is 0.